The molecule has 2 rings (SSSR count). The SMILES string of the molecule is CC.Cc1nnc(COc2ccc(Cl)cc2)o1. The lowest BCUT2D eigenvalue weighted by Crippen LogP contribution is -1.95. The molecule has 0 aliphatic carbocycles. The fourth-order valence-corrected chi connectivity index (χ4v) is 1.20. The highest BCUT2D eigenvalue weighted by Crippen LogP contribution is 2.16. The molecular weight excluding hydrogens is 240 g/mol. The molecule has 4 nitrogen and oxygen atoms in total. The number of rotatable bonds is 3. The molecule has 0 atom stereocenters. The molecular formula is C12H15ClN2O2. The second kappa shape index (κ2) is 6.91. The van der Waals surface area contributed by atoms with Gasteiger partial charge >= 0.3 is 0 Å². The van der Waals surface area contributed by atoms with Crippen LogP contribution in [0.1, 0.15) is 25.6 Å². The molecule has 0 amide bonds. The number of ether oxygens (including phenoxy) is 1. The Kier molecular flexibility index (Phi) is 5.49. The first-order chi connectivity index (χ1) is 8.24. The number of aryl methyl sites for hydroxylation is 1. The summed E-state index contributed by atoms with van der Waals surface area (Å²) in [5, 5.41) is 8.18. The molecule has 1 aromatic carbocycles. The van der Waals surface area contributed by atoms with Crippen LogP contribution in [0.25, 0.3) is 0 Å². The molecule has 0 saturated heterocycles. The summed E-state index contributed by atoms with van der Waals surface area (Å²) in [4.78, 5) is 0. The van der Waals surface area contributed by atoms with Crippen LogP contribution in [-0.2, 0) is 6.61 Å². The molecule has 0 unspecified atom stereocenters. The van der Waals surface area contributed by atoms with E-state index in [-0.39, 0.29) is 6.61 Å². The van der Waals surface area contributed by atoms with Crippen LogP contribution in [0, 0.1) is 6.92 Å². The van der Waals surface area contributed by atoms with Gasteiger partial charge in [0.25, 0.3) is 5.89 Å². The summed E-state index contributed by atoms with van der Waals surface area (Å²) in [5.74, 6) is 1.71. The standard InChI is InChI=1S/C10H9ClN2O2.C2H6/c1-7-12-13-10(15-7)6-14-9-4-2-8(11)3-5-9;1-2/h2-5H,6H2,1H3;1-2H3. The smallest absolute Gasteiger partial charge is 0.253 e. The first-order valence-corrected chi connectivity index (χ1v) is 5.79. The minimum atomic E-state index is 0.266. The van der Waals surface area contributed by atoms with Gasteiger partial charge in [0.15, 0.2) is 6.61 Å². The van der Waals surface area contributed by atoms with Crippen molar-refractivity contribution >= 4 is 11.6 Å². The zero-order valence-electron chi connectivity index (χ0n) is 10.1. The predicted octanol–water partition coefficient (Wildman–Crippen LogP) is 3.64. The Labute approximate surface area is 106 Å². The lowest BCUT2D eigenvalue weighted by molar-refractivity contribution is 0.260. The topological polar surface area (TPSA) is 48.2 Å². The fourth-order valence-electron chi connectivity index (χ4n) is 1.07. The Balaban J connectivity index is 0.000000686. The average molecular weight is 255 g/mol. The van der Waals surface area contributed by atoms with E-state index in [1.54, 1.807) is 31.2 Å². The van der Waals surface area contributed by atoms with E-state index in [2.05, 4.69) is 10.2 Å². The Morgan fingerprint density at radius 3 is 2.35 bits per heavy atom. The lowest BCUT2D eigenvalue weighted by Gasteiger charge is -2.02. The van der Waals surface area contributed by atoms with Gasteiger partial charge in [0.2, 0.25) is 5.89 Å². The van der Waals surface area contributed by atoms with Gasteiger partial charge in [-0.25, -0.2) is 0 Å². The first-order valence-electron chi connectivity index (χ1n) is 5.41. The molecule has 2 aromatic rings. The van der Waals surface area contributed by atoms with E-state index in [4.69, 9.17) is 20.8 Å². The van der Waals surface area contributed by atoms with Crippen LogP contribution in [0.4, 0.5) is 0 Å². The predicted molar refractivity (Wildman–Crippen MR) is 66.2 cm³/mol. The van der Waals surface area contributed by atoms with E-state index in [9.17, 15) is 0 Å². The summed E-state index contributed by atoms with van der Waals surface area (Å²) >= 11 is 5.74. The van der Waals surface area contributed by atoms with Crippen molar-refractivity contribution in [3.05, 3.63) is 41.1 Å². The van der Waals surface area contributed by atoms with Crippen molar-refractivity contribution < 1.29 is 9.15 Å². The average Bonchev–Trinajstić information content (AvgIpc) is 2.77. The maximum atomic E-state index is 5.74. The van der Waals surface area contributed by atoms with Crippen molar-refractivity contribution in [3.8, 4) is 5.75 Å². The Hall–Kier alpha value is -1.55. The third-order valence-electron chi connectivity index (χ3n) is 1.74. The van der Waals surface area contributed by atoms with E-state index >= 15 is 0 Å². The number of aromatic nitrogens is 2. The van der Waals surface area contributed by atoms with Crippen molar-refractivity contribution in [2.24, 2.45) is 0 Å². The molecule has 0 bridgehead atoms. The molecule has 0 radical (unpaired) electrons. The molecule has 0 saturated carbocycles. The number of halogens is 1. The lowest BCUT2D eigenvalue weighted by atomic mass is 10.3. The van der Waals surface area contributed by atoms with Gasteiger partial charge in [0.1, 0.15) is 5.75 Å². The van der Waals surface area contributed by atoms with Crippen LogP contribution in [0.5, 0.6) is 5.75 Å². The van der Waals surface area contributed by atoms with Crippen LogP contribution >= 0.6 is 11.6 Å². The molecule has 1 heterocycles. The minimum absolute atomic E-state index is 0.266. The van der Waals surface area contributed by atoms with Gasteiger partial charge in [-0.15, -0.1) is 10.2 Å². The molecule has 1 aromatic heterocycles. The van der Waals surface area contributed by atoms with Gasteiger partial charge in [-0.3, -0.25) is 0 Å². The van der Waals surface area contributed by atoms with E-state index in [1.165, 1.54) is 0 Å². The number of nitrogens with zero attached hydrogens (tertiary/aromatic N) is 2. The number of benzene rings is 1. The van der Waals surface area contributed by atoms with Crippen molar-refractivity contribution in [1.29, 1.82) is 0 Å². The highest BCUT2D eigenvalue weighted by atomic mass is 35.5. The largest absolute Gasteiger partial charge is 0.484 e. The van der Waals surface area contributed by atoms with Gasteiger partial charge in [0, 0.05) is 11.9 Å². The molecule has 0 aliphatic heterocycles. The minimum Gasteiger partial charge on any atom is -0.484 e. The summed E-state index contributed by atoms with van der Waals surface area (Å²) in [7, 11) is 0. The molecule has 0 N–H and O–H groups in total. The monoisotopic (exact) mass is 254 g/mol. The highest BCUT2D eigenvalue weighted by Gasteiger charge is 2.02. The van der Waals surface area contributed by atoms with Crippen LogP contribution in [0.3, 0.4) is 0 Å². The van der Waals surface area contributed by atoms with Gasteiger partial charge in [-0.1, -0.05) is 25.4 Å². The van der Waals surface area contributed by atoms with Crippen molar-refractivity contribution in [3.63, 3.8) is 0 Å². The summed E-state index contributed by atoms with van der Waals surface area (Å²) < 4.78 is 10.6. The van der Waals surface area contributed by atoms with Gasteiger partial charge in [-0.05, 0) is 24.3 Å². The van der Waals surface area contributed by atoms with E-state index in [1.807, 2.05) is 13.8 Å². The second-order valence-electron chi connectivity index (χ2n) is 2.96. The summed E-state index contributed by atoms with van der Waals surface area (Å²) in [6.45, 7) is 6.00. The second-order valence-corrected chi connectivity index (χ2v) is 3.39. The molecule has 92 valence electrons. The van der Waals surface area contributed by atoms with E-state index in [0.29, 0.717) is 16.8 Å². The van der Waals surface area contributed by atoms with Crippen molar-refractivity contribution in [2.45, 2.75) is 27.4 Å². The van der Waals surface area contributed by atoms with Crippen LogP contribution < -0.4 is 4.74 Å². The molecule has 0 fully saturated rings. The molecule has 17 heavy (non-hydrogen) atoms. The fraction of sp³-hybridized carbons (Fsp3) is 0.333. The molecule has 0 aliphatic rings. The summed E-state index contributed by atoms with van der Waals surface area (Å²) in [6.07, 6.45) is 0. The van der Waals surface area contributed by atoms with Crippen LogP contribution in [-0.4, -0.2) is 10.2 Å². The van der Waals surface area contributed by atoms with E-state index in [0.717, 1.165) is 5.75 Å². The van der Waals surface area contributed by atoms with Gasteiger partial charge < -0.3 is 9.15 Å². The Morgan fingerprint density at radius 2 is 1.82 bits per heavy atom. The van der Waals surface area contributed by atoms with Crippen molar-refractivity contribution in [2.75, 3.05) is 0 Å². The first kappa shape index (κ1) is 13.5. The summed E-state index contributed by atoms with van der Waals surface area (Å²) in [5.41, 5.74) is 0. The van der Waals surface area contributed by atoms with E-state index < -0.39 is 0 Å². The maximum absolute atomic E-state index is 5.74. The molecule has 5 heteroatoms. The van der Waals surface area contributed by atoms with Gasteiger partial charge in [-0.2, -0.15) is 0 Å². The Bertz CT molecular complexity index is 440. The van der Waals surface area contributed by atoms with Gasteiger partial charge in [0.05, 0.1) is 0 Å². The number of hydrogen-bond donors (Lipinski definition) is 0. The number of hydrogen-bond acceptors (Lipinski definition) is 4. The van der Waals surface area contributed by atoms with Crippen molar-refractivity contribution in [1.82, 2.24) is 10.2 Å². The quantitative estimate of drug-likeness (QED) is 0.839. The Morgan fingerprint density at radius 1 is 1.18 bits per heavy atom. The molecule has 0 spiro atoms. The third-order valence-corrected chi connectivity index (χ3v) is 2.00. The third kappa shape index (κ3) is 4.44. The highest BCUT2D eigenvalue weighted by molar-refractivity contribution is 6.30. The van der Waals surface area contributed by atoms with Crippen LogP contribution in [0.15, 0.2) is 28.7 Å². The zero-order chi connectivity index (χ0) is 12.7. The van der Waals surface area contributed by atoms with Crippen LogP contribution in [0.2, 0.25) is 5.02 Å². The summed E-state index contributed by atoms with van der Waals surface area (Å²) in [6, 6.07) is 7.09. The normalized spacial score (nSPS) is 9.41. The maximum Gasteiger partial charge on any atom is 0.253 e. The zero-order valence-corrected chi connectivity index (χ0v) is 10.9.